The number of rotatable bonds is 8. The van der Waals surface area contributed by atoms with E-state index in [0.717, 1.165) is 27.9 Å². The van der Waals surface area contributed by atoms with Crippen molar-refractivity contribution >= 4 is 49.2 Å². The van der Waals surface area contributed by atoms with E-state index in [1.54, 1.807) is 0 Å². The topological polar surface area (TPSA) is 137 Å². The Morgan fingerprint density at radius 1 is 1.39 bits per heavy atom. The maximum Gasteiger partial charge on any atom is 0.379 e. The lowest BCUT2D eigenvalue weighted by Crippen LogP contribution is -2.19. The molecule has 1 aliphatic carbocycles. The number of hydrogen-bond acceptors (Lipinski definition) is 9. The van der Waals surface area contributed by atoms with E-state index >= 15 is 0 Å². The normalized spacial score (nSPS) is 17.3. The third kappa shape index (κ3) is 6.44. The highest BCUT2D eigenvalue weighted by Gasteiger charge is 2.24. The third-order valence-electron chi connectivity index (χ3n) is 5.00. The molecular formula is C21H20BrN5O4S2. The van der Waals surface area contributed by atoms with E-state index in [0.29, 0.717) is 35.5 Å². The molecule has 0 bridgehead atoms. The fourth-order valence-electron chi connectivity index (χ4n) is 3.53. The largest absolute Gasteiger partial charge is 0.379 e. The number of carbonyl (C=O) groups excluding carboxylic acids is 1. The summed E-state index contributed by atoms with van der Waals surface area (Å²) in [5.41, 5.74) is 3.10. The minimum absolute atomic E-state index is 0.0247. The molecule has 1 atom stereocenters. The lowest BCUT2D eigenvalue weighted by Gasteiger charge is -2.14. The Kier molecular flexibility index (Phi) is 7.17. The molecule has 0 spiro atoms. The number of nitrogens with zero attached hydrogens (tertiary/aromatic N) is 3. The Morgan fingerprint density at radius 3 is 3.03 bits per heavy atom. The molecule has 1 aliphatic rings. The molecule has 0 aromatic carbocycles. The van der Waals surface area contributed by atoms with Crippen molar-refractivity contribution in [3.8, 4) is 0 Å². The van der Waals surface area contributed by atoms with Crippen LogP contribution in [0.3, 0.4) is 0 Å². The van der Waals surface area contributed by atoms with E-state index in [2.05, 4.69) is 40.4 Å². The minimum atomic E-state index is -4.02. The second-order valence-electron chi connectivity index (χ2n) is 7.51. The Bertz CT molecular complexity index is 1310. The third-order valence-corrected chi connectivity index (χ3v) is 6.79. The van der Waals surface area contributed by atoms with Crippen LogP contribution in [0.4, 0.5) is 5.82 Å². The zero-order valence-corrected chi connectivity index (χ0v) is 20.5. The van der Waals surface area contributed by atoms with Gasteiger partial charge in [0.25, 0.3) is 0 Å². The van der Waals surface area contributed by atoms with Crippen molar-refractivity contribution in [2.45, 2.75) is 31.7 Å². The zero-order chi connectivity index (χ0) is 23.4. The van der Waals surface area contributed by atoms with Gasteiger partial charge in [-0.2, -0.15) is 13.6 Å². The molecule has 3 heterocycles. The molecule has 4 rings (SSSR count). The summed E-state index contributed by atoms with van der Waals surface area (Å²) in [7, 11) is -4.02. The van der Waals surface area contributed by atoms with Crippen molar-refractivity contribution in [3.63, 3.8) is 0 Å². The van der Waals surface area contributed by atoms with Gasteiger partial charge in [0.1, 0.15) is 23.0 Å². The maximum atomic E-state index is 13.2. The first-order chi connectivity index (χ1) is 15.8. The summed E-state index contributed by atoms with van der Waals surface area (Å²) in [6, 6.07) is 7.58. The van der Waals surface area contributed by atoms with Crippen molar-refractivity contribution in [3.05, 3.63) is 80.3 Å². The van der Waals surface area contributed by atoms with Crippen LogP contribution >= 0.6 is 27.3 Å². The van der Waals surface area contributed by atoms with Gasteiger partial charge in [0, 0.05) is 24.4 Å². The average molecular weight is 550 g/mol. The predicted molar refractivity (Wildman–Crippen MR) is 128 cm³/mol. The molecule has 3 N–H and O–H groups in total. The number of thiophene rings is 1. The van der Waals surface area contributed by atoms with Crippen LogP contribution in [-0.4, -0.2) is 35.2 Å². The lowest BCUT2D eigenvalue weighted by atomic mass is 10.1. The van der Waals surface area contributed by atoms with Gasteiger partial charge in [0.15, 0.2) is 0 Å². The average Bonchev–Trinajstić information content (AvgIpc) is 3.41. The number of ketones is 1. The maximum absolute atomic E-state index is 13.2. The van der Waals surface area contributed by atoms with Crippen LogP contribution in [0.25, 0.3) is 0 Å². The van der Waals surface area contributed by atoms with Gasteiger partial charge < -0.3 is 9.50 Å². The van der Waals surface area contributed by atoms with E-state index in [1.165, 1.54) is 30.1 Å². The molecule has 172 valence electrons. The Labute approximate surface area is 203 Å². The van der Waals surface area contributed by atoms with Crippen LogP contribution < -0.4 is 10.5 Å². The van der Waals surface area contributed by atoms with Gasteiger partial charge in [-0.1, -0.05) is 6.07 Å². The number of nitrogens with two attached hydrogens (primary N) is 1. The van der Waals surface area contributed by atoms with Gasteiger partial charge in [0.05, 0.1) is 10.4 Å². The van der Waals surface area contributed by atoms with Crippen LogP contribution in [0.5, 0.6) is 0 Å². The van der Waals surface area contributed by atoms with Crippen molar-refractivity contribution in [1.82, 2.24) is 15.0 Å². The van der Waals surface area contributed by atoms with Crippen molar-refractivity contribution in [2.24, 2.45) is 5.14 Å². The summed E-state index contributed by atoms with van der Waals surface area (Å²) < 4.78 is 27.3. The second-order valence-corrected chi connectivity index (χ2v) is 10.4. The number of nitrogens with one attached hydrogen (secondary N) is 1. The van der Waals surface area contributed by atoms with Gasteiger partial charge in [-0.15, -0.1) is 11.3 Å². The Morgan fingerprint density at radius 2 is 2.24 bits per heavy atom. The molecule has 0 aliphatic heterocycles. The number of hydrogen-bond donors (Lipinski definition) is 2. The fourth-order valence-corrected chi connectivity index (χ4v) is 5.04. The molecule has 0 saturated heterocycles. The number of anilines is 1. The summed E-state index contributed by atoms with van der Waals surface area (Å²) >= 11 is 4.74. The molecule has 0 amide bonds. The van der Waals surface area contributed by atoms with E-state index in [4.69, 9.17) is 5.14 Å². The molecule has 12 heteroatoms. The van der Waals surface area contributed by atoms with E-state index < -0.39 is 10.3 Å². The molecule has 3 aromatic rings. The first-order valence-electron chi connectivity index (χ1n) is 9.96. The van der Waals surface area contributed by atoms with Gasteiger partial charge in [-0.05, 0) is 69.9 Å². The zero-order valence-electron chi connectivity index (χ0n) is 17.3. The summed E-state index contributed by atoms with van der Waals surface area (Å²) in [6.45, 7) is 0. The number of carbonyl (C=O) groups is 1. The first kappa shape index (κ1) is 23.5. The van der Waals surface area contributed by atoms with Crippen LogP contribution in [0.1, 0.15) is 45.8 Å². The van der Waals surface area contributed by atoms with E-state index in [9.17, 15) is 13.2 Å². The standard InChI is InChI=1S/C21H20BrN5O4S2/c22-19-3-1-2-15(26-19)7-14-8-18(32-11-14)20(28)17-9-24-12-25-21(17)27-16-5-4-13(6-16)10-31-33(23,29)30/h1-3,8-12,16H,4-7H2,(H2,23,29,30)(H,24,25,27)/b13-10+. The summed E-state index contributed by atoms with van der Waals surface area (Å²) in [5, 5.41) is 10.1. The SMILES string of the molecule is NS(=O)(=O)O/C=C1\CCC(Nc2ncncc2C(=O)c2cc(Cc3cccc(Br)n3)cs2)C1. The number of halogens is 1. The van der Waals surface area contributed by atoms with Gasteiger partial charge in [0.2, 0.25) is 5.78 Å². The van der Waals surface area contributed by atoms with Crippen LogP contribution in [0, 0.1) is 0 Å². The first-order valence-corrected chi connectivity index (χ1v) is 13.1. The summed E-state index contributed by atoms with van der Waals surface area (Å²) in [4.78, 5) is 26.5. The molecule has 33 heavy (non-hydrogen) atoms. The summed E-state index contributed by atoms with van der Waals surface area (Å²) in [6.07, 6.45) is 6.62. The summed E-state index contributed by atoms with van der Waals surface area (Å²) in [5.74, 6) is 0.278. The fraction of sp³-hybridized carbons (Fsp3) is 0.238. The molecule has 1 fully saturated rings. The van der Waals surface area contributed by atoms with Crippen LogP contribution in [-0.2, 0) is 20.9 Å². The molecule has 0 radical (unpaired) electrons. The predicted octanol–water partition coefficient (Wildman–Crippen LogP) is 3.59. The number of pyridine rings is 1. The van der Waals surface area contributed by atoms with Crippen molar-refractivity contribution in [2.75, 3.05) is 5.32 Å². The van der Waals surface area contributed by atoms with Crippen molar-refractivity contribution in [1.29, 1.82) is 0 Å². The van der Waals surface area contributed by atoms with Gasteiger partial charge in [-0.3, -0.25) is 4.79 Å². The minimum Gasteiger partial charge on any atom is -0.379 e. The quantitative estimate of drug-likeness (QED) is 0.247. The smallest absolute Gasteiger partial charge is 0.379 e. The van der Waals surface area contributed by atoms with Crippen LogP contribution in [0.2, 0.25) is 0 Å². The van der Waals surface area contributed by atoms with Gasteiger partial charge >= 0.3 is 10.3 Å². The molecule has 1 saturated carbocycles. The monoisotopic (exact) mass is 549 g/mol. The van der Waals surface area contributed by atoms with Crippen LogP contribution in [0.15, 0.2) is 58.6 Å². The Balaban J connectivity index is 1.45. The van der Waals surface area contributed by atoms with Gasteiger partial charge in [-0.25, -0.2) is 15.0 Å². The molecule has 9 nitrogen and oxygen atoms in total. The highest BCUT2D eigenvalue weighted by atomic mass is 79.9. The second kappa shape index (κ2) is 10.1. The van der Waals surface area contributed by atoms with Crippen molar-refractivity contribution < 1.29 is 17.4 Å². The lowest BCUT2D eigenvalue weighted by molar-refractivity contribution is 0.104. The highest BCUT2D eigenvalue weighted by molar-refractivity contribution is 9.10. The molecule has 1 unspecified atom stereocenters. The molecular weight excluding hydrogens is 530 g/mol. The number of aromatic nitrogens is 3. The van der Waals surface area contributed by atoms with E-state index in [-0.39, 0.29) is 11.8 Å². The Hall–Kier alpha value is -2.67. The highest BCUT2D eigenvalue weighted by Crippen LogP contribution is 2.29. The molecule has 3 aromatic heterocycles. The van der Waals surface area contributed by atoms with E-state index in [1.807, 2.05) is 29.6 Å².